The molecule has 17 heavy (non-hydrogen) atoms. The average Bonchev–Trinajstić information content (AvgIpc) is 2.61. The van der Waals surface area contributed by atoms with Gasteiger partial charge in [-0.2, -0.15) is 0 Å². The van der Waals surface area contributed by atoms with E-state index < -0.39 is 0 Å². The van der Waals surface area contributed by atoms with Crippen LogP contribution >= 0.6 is 0 Å². The molecule has 0 aromatic carbocycles. The van der Waals surface area contributed by atoms with Crippen molar-refractivity contribution < 1.29 is 9.32 Å². The Bertz CT molecular complexity index is 366. The number of hydrogen-bond acceptors (Lipinski definition) is 4. The van der Waals surface area contributed by atoms with Gasteiger partial charge in [-0.05, 0) is 20.3 Å². The molecule has 0 bridgehead atoms. The largest absolute Gasteiger partial charge is 0.361 e. The molecule has 1 N–H and O–H groups in total. The third-order valence-electron chi connectivity index (χ3n) is 2.84. The number of aromatic nitrogens is 1. The molecule has 1 aromatic rings. The fraction of sp³-hybridized carbons (Fsp3) is 0.667. The van der Waals surface area contributed by atoms with Gasteiger partial charge in [0.25, 0.3) is 0 Å². The van der Waals surface area contributed by atoms with Gasteiger partial charge in [0.15, 0.2) is 0 Å². The van der Waals surface area contributed by atoms with Crippen LogP contribution in [0.4, 0.5) is 0 Å². The predicted octanol–water partition coefficient (Wildman–Crippen LogP) is 1.42. The maximum Gasteiger partial charge on any atom is 0.236 e. The molecule has 1 unspecified atom stereocenters. The Hall–Kier alpha value is -1.36. The Labute approximate surface area is 102 Å². The molecule has 0 aliphatic heterocycles. The van der Waals surface area contributed by atoms with Crippen molar-refractivity contribution in [2.24, 2.45) is 0 Å². The maximum absolute atomic E-state index is 11.5. The number of nitrogens with zero attached hydrogens (tertiary/aromatic N) is 2. The number of nitrogens with one attached hydrogen (secondary N) is 1. The van der Waals surface area contributed by atoms with Crippen molar-refractivity contribution in [3.63, 3.8) is 0 Å². The van der Waals surface area contributed by atoms with Crippen molar-refractivity contribution >= 4 is 5.91 Å². The SMILES string of the molecule is CCC(NCC(=O)N(C)C)c1c(C)noc1C. The van der Waals surface area contributed by atoms with Gasteiger partial charge in [0.05, 0.1) is 12.2 Å². The van der Waals surface area contributed by atoms with E-state index in [1.807, 2.05) is 13.8 Å². The minimum atomic E-state index is 0.0650. The summed E-state index contributed by atoms with van der Waals surface area (Å²) in [7, 11) is 3.50. The number of likely N-dealkylation sites (N-methyl/N-ethyl adjacent to an activating group) is 1. The number of carbonyl (C=O) groups excluding carboxylic acids is 1. The molecule has 0 aliphatic carbocycles. The van der Waals surface area contributed by atoms with E-state index in [0.29, 0.717) is 6.54 Å². The fourth-order valence-corrected chi connectivity index (χ4v) is 1.81. The highest BCUT2D eigenvalue weighted by molar-refractivity contribution is 5.77. The molecule has 0 radical (unpaired) electrons. The predicted molar refractivity (Wildman–Crippen MR) is 65.7 cm³/mol. The van der Waals surface area contributed by atoms with Gasteiger partial charge < -0.3 is 14.7 Å². The summed E-state index contributed by atoms with van der Waals surface area (Å²) in [6.45, 7) is 6.22. The van der Waals surface area contributed by atoms with Gasteiger partial charge in [-0.1, -0.05) is 12.1 Å². The molecule has 1 heterocycles. The quantitative estimate of drug-likeness (QED) is 0.844. The van der Waals surface area contributed by atoms with Crippen molar-refractivity contribution in [2.75, 3.05) is 20.6 Å². The Kier molecular flexibility index (Phi) is 4.69. The number of hydrogen-bond donors (Lipinski definition) is 1. The van der Waals surface area contributed by atoms with E-state index in [0.717, 1.165) is 23.4 Å². The summed E-state index contributed by atoms with van der Waals surface area (Å²) in [5.41, 5.74) is 1.96. The summed E-state index contributed by atoms with van der Waals surface area (Å²) in [5, 5.41) is 7.18. The minimum Gasteiger partial charge on any atom is -0.361 e. The molecule has 1 aromatic heterocycles. The van der Waals surface area contributed by atoms with Gasteiger partial charge in [0.1, 0.15) is 5.76 Å². The van der Waals surface area contributed by atoms with Crippen LogP contribution in [0.3, 0.4) is 0 Å². The molecule has 96 valence electrons. The van der Waals surface area contributed by atoms with Crippen LogP contribution in [0.15, 0.2) is 4.52 Å². The van der Waals surface area contributed by atoms with Gasteiger partial charge in [0, 0.05) is 25.7 Å². The van der Waals surface area contributed by atoms with Crippen LogP contribution in [0.1, 0.15) is 36.4 Å². The molecular weight excluding hydrogens is 218 g/mol. The van der Waals surface area contributed by atoms with Crippen molar-refractivity contribution in [3.05, 3.63) is 17.0 Å². The van der Waals surface area contributed by atoms with E-state index in [9.17, 15) is 4.79 Å². The third-order valence-corrected chi connectivity index (χ3v) is 2.84. The first-order valence-electron chi connectivity index (χ1n) is 5.83. The summed E-state index contributed by atoms with van der Waals surface area (Å²) >= 11 is 0. The standard InChI is InChI=1S/C12H21N3O2/c1-6-10(13-7-11(16)15(4)5)12-8(2)14-17-9(12)3/h10,13H,6-7H2,1-5H3. The molecule has 1 amide bonds. The third kappa shape index (κ3) is 3.30. The molecule has 5 heteroatoms. The Morgan fingerprint density at radius 2 is 2.12 bits per heavy atom. The summed E-state index contributed by atoms with van der Waals surface area (Å²) in [6.07, 6.45) is 0.892. The van der Waals surface area contributed by atoms with Crippen molar-refractivity contribution in [1.29, 1.82) is 0 Å². The molecule has 0 saturated carbocycles. The number of amides is 1. The second-order valence-corrected chi connectivity index (χ2v) is 4.37. The lowest BCUT2D eigenvalue weighted by Crippen LogP contribution is -2.35. The molecule has 0 aliphatic rings. The lowest BCUT2D eigenvalue weighted by molar-refractivity contribution is -0.127. The number of rotatable bonds is 5. The Morgan fingerprint density at radius 1 is 1.47 bits per heavy atom. The lowest BCUT2D eigenvalue weighted by Gasteiger charge is -2.18. The number of carbonyl (C=O) groups is 1. The van der Waals surface area contributed by atoms with E-state index in [1.165, 1.54) is 0 Å². The highest BCUT2D eigenvalue weighted by atomic mass is 16.5. The maximum atomic E-state index is 11.5. The fourth-order valence-electron chi connectivity index (χ4n) is 1.81. The first-order valence-corrected chi connectivity index (χ1v) is 5.83. The molecule has 1 atom stereocenters. The summed E-state index contributed by atoms with van der Waals surface area (Å²) in [6, 6.07) is 0.116. The van der Waals surface area contributed by atoms with Crippen LogP contribution < -0.4 is 5.32 Å². The molecule has 0 saturated heterocycles. The van der Waals surface area contributed by atoms with Gasteiger partial charge >= 0.3 is 0 Å². The zero-order valence-corrected chi connectivity index (χ0v) is 11.2. The van der Waals surface area contributed by atoms with Gasteiger partial charge in [-0.3, -0.25) is 4.79 Å². The zero-order chi connectivity index (χ0) is 13.0. The van der Waals surface area contributed by atoms with Crippen LogP contribution in [-0.2, 0) is 4.79 Å². The van der Waals surface area contributed by atoms with Crippen LogP contribution in [0.2, 0.25) is 0 Å². The average molecular weight is 239 g/mol. The zero-order valence-electron chi connectivity index (χ0n) is 11.2. The molecule has 5 nitrogen and oxygen atoms in total. The van der Waals surface area contributed by atoms with Crippen LogP contribution in [0.25, 0.3) is 0 Å². The van der Waals surface area contributed by atoms with E-state index in [-0.39, 0.29) is 11.9 Å². The van der Waals surface area contributed by atoms with Crippen LogP contribution in [-0.4, -0.2) is 36.6 Å². The lowest BCUT2D eigenvalue weighted by atomic mass is 10.0. The van der Waals surface area contributed by atoms with Gasteiger partial charge in [-0.15, -0.1) is 0 Å². The Balaban J connectivity index is 2.70. The van der Waals surface area contributed by atoms with Crippen LogP contribution in [0, 0.1) is 13.8 Å². The smallest absolute Gasteiger partial charge is 0.236 e. The van der Waals surface area contributed by atoms with Crippen molar-refractivity contribution in [3.8, 4) is 0 Å². The topological polar surface area (TPSA) is 58.4 Å². The molecule has 0 spiro atoms. The highest BCUT2D eigenvalue weighted by Gasteiger charge is 2.19. The summed E-state index contributed by atoms with van der Waals surface area (Å²) in [4.78, 5) is 13.1. The van der Waals surface area contributed by atoms with Gasteiger partial charge in [-0.25, -0.2) is 0 Å². The van der Waals surface area contributed by atoms with E-state index in [4.69, 9.17) is 4.52 Å². The van der Waals surface area contributed by atoms with E-state index >= 15 is 0 Å². The molecule has 1 rings (SSSR count). The number of aryl methyl sites for hydroxylation is 2. The second kappa shape index (κ2) is 5.82. The second-order valence-electron chi connectivity index (χ2n) is 4.37. The normalized spacial score (nSPS) is 12.5. The van der Waals surface area contributed by atoms with Crippen LogP contribution in [0.5, 0.6) is 0 Å². The molecule has 0 fully saturated rings. The summed E-state index contributed by atoms with van der Waals surface area (Å²) in [5.74, 6) is 0.884. The first-order chi connectivity index (χ1) is 7.97. The Morgan fingerprint density at radius 3 is 2.53 bits per heavy atom. The molecular formula is C12H21N3O2. The minimum absolute atomic E-state index is 0.0650. The first kappa shape index (κ1) is 13.7. The van der Waals surface area contributed by atoms with E-state index in [2.05, 4.69) is 17.4 Å². The van der Waals surface area contributed by atoms with Gasteiger partial charge in [0.2, 0.25) is 5.91 Å². The highest BCUT2D eigenvalue weighted by Crippen LogP contribution is 2.23. The monoisotopic (exact) mass is 239 g/mol. The summed E-state index contributed by atoms with van der Waals surface area (Å²) < 4.78 is 5.15. The van der Waals surface area contributed by atoms with Crippen molar-refractivity contribution in [2.45, 2.75) is 33.2 Å². The van der Waals surface area contributed by atoms with Crippen molar-refractivity contribution in [1.82, 2.24) is 15.4 Å². The van der Waals surface area contributed by atoms with E-state index in [1.54, 1.807) is 19.0 Å².